The quantitative estimate of drug-likeness (QED) is 0.881. The van der Waals surface area contributed by atoms with Crippen LogP contribution in [-0.2, 0) is 6.42 Å². The standard InChI is InChI=1S/C16H18BrNOS/c1-9-6-14(20-16(9)17)15(18-3)11-4-5-13-12(8-11)7-10(2)19-13/h4-6,8,10,15,18H,7H2,1-3H3. The normalized spacial score (nSPS) is 18.7. The van der Waals surface area contributed by atoms with Gasteiger partial charge in [0.25, 0.3) is 0 Å². The molecule has 106 valence electrons. The third kappa shape index (κ3) is 2.52. The number of hydrogen-bond acceptors (Lipinski definition) is 3. The van der Waals surface area contributed by atoms with Gasteiger partial charge >= 0.3 is 0 Å². The van der Waals surface area contributed by atoms with Gasteiger partial charge in [-0.15, -0.1) is 11.3 Å². The van der Waals surface area contributed by atoms with Crippen molar-refractivity contribution in [2.75, 3.05) is 7.05 Å². The number of ether oxygens (including phenoxy) is 1. The molecule has 1 N–H and O–H groups in total. The van der Waals surface area contributed by atoms with Crippen molar-refractivity contribution in [2.45, 2.75) is 32.4 Å². The van der Waals surface area contributed by atoms with Gasteiger partial charge in [0.05, 0.1) is 9.83 Å². The second kappa shape index (κ2) is 5.51. The summed E-state index contributed by atoms with van der Waals surface area (Å²) in [5, 5.41) is 3.43. The minimum absolute atomic E-state index is 0.242. The van der Waals surface area contributed by atoms with Crippen LogP contribution in [0.1, 0.15) is 34.5 Å². The molecule has 0 saturated carbocycles. The van der Waals surface area contributed by atoms with Crippen LogP contribution in [0.2, 0.25) is 0 Å². The first-order valence-corrected chi connectivity index (χ1v) is 8.42. The molecular weight excluding hydrogens is 334 g/mol. The van der Waals surface area contributed by atoms with Gasteiger partial charge in [-0.2, -0.15) is 0 Å². The predicted molar refractivity (Wildman–Crippen MR) is 87.9 cm³/mol. The molecule has 0 bridgehead atoms. The summed E-state index contributed by atoms with van der Waals surface area (Å²) in [5.41, 5.74) is 3.92. The molecule has 2 nitrogen and oxygen atoms in total. The lowest BCUT2D eigenvalue weighted by molar-refractivity contribution is 0.254. The van der Waals surface area contributed by atoms with Crippen molar-refractivity contribution in [1.29, 1.82) is 0 Å². The van der Waals surface area contributed by atoms with E-state index in [1.54, 1.807) is 11.3 Å². The minimum Gasteiger partial charge on any atom is -0.490 e. The van der Waals surface area contributed by atoms with Gasteiger partial charge in [-0.1, -0.05) is 12.1 Å². The number of aryl methyl sites for hydroxylation is 1. The van der Waals surface area contributed by atoms with Gasteiger partial charge < -0.3 is 10.1 Å². The lowest BCUT2D eigenvalue weighted by Crippen LogP contribution is -2.16. The van der Waals surface area contributed by atoms with Crippen molar-refractivity contribution >= 4 is 27.3 Å². The fourth-order valence-corrected chi connectivity index (χ4v) is 4.43. The van der Waals surface area contributed by atoms with E-state index in [9.17, 15) is 0 Å². The Labute approximate surface area is 132 Å². The first-order valence-electron chi connectivity index (χ1n) is 6.81. The number of nitrogens with one attached hydrogen (secondary N) is 1. The average Bonchev–Trinajstić information content (AvgIpc) is 2.93. The summed E-state index contributed by atoms with van der Waals surface area (Å²) in [4.78, 5) is 1.34. The number of halogens is 1. The van der Waals surface area contributed by atoms with Gasteiger partial charge in [0.15, 0.2) is 0 Å². The highest BCUT2D eigenvalue weighted by Crippen LogP contribution is 2.37. The summed E-state index contributed by atoms with van der Waals surface area (Å²) in [5.74, 6) is 1.04. The van der Waals surface area contributed by atoms with Crippen LogP contribution in [0.5, 0.6) is 5.75 Å². The van der Waals surface area contributed by atoms with E-state index in [0.29, 0.717) is 6.10 Å². The summed E-state index contributed by atoms with van der Waals surface area (Å²) < 4.78 is 6.99. The number of thiophene rings is 1. The van der Waals surface area contributed by atoms with E-state index >= 15 is 0 Å². The Morgan fingerprint density at radius 2 is 2.20 bits per heavy atom. The third-order valence-electron chi connectivity index (χ3n) is 3.70. The molecule has 0 spiro atoms. The van der Waals surface area contributed by atoms with E-state index in [1.165, 1.54) is 25.4 Å². The van der Waals surface area contributed by atoms with Gasteiger partial charge in [0.2, 0.25) is 0 Å². The van der Waals surface area contributed by atoms with Crippen LogP contribution >= 0.6 is 27.3 Å². The maximum Gasteiger partial charge on any atom is 0.123 e. The van der Waals surface area contributed by atoms with Gasteiger partial charge in [0.1, 0.15) is 11.9 Å². The first-order chi connectivity index (χ1) is 9.58. The Balaban J connectivity index is 1.96. The van der Waals surface area contributed by atoms with Crippen molar-refractivity contribution in [3.8, 4) is 5.75 Å². The smallest absolute Gasteiger partial charge is 0.123 e. The molecule has 0 fully saturated rings. The highest BCUT2D eigenvalue weighted by molar-refractivity contribution is 9.11. The number of benzene rings is 1. The van der Waals surface area contributed by atoms with Crippen LogP contribution in [0.4, 0.5) is 0 Å². The zero-order valence-corrected chi connectivity index (χ0v) is 14.3. The van der Waals surface area contributed by atoms with Crippen molar-refractivity contribution in [1.82, 2.24) is 5.32 Å². The Morgan fingerprint density at radius 1 is 1.40 bits per heavy atom. The molecule has 20 heavy (non-hydrogen) atoms. The second-order valence-electron chi connectivity index (χ2n) is 5.33. The fourth-order valence-electron chi connectivity index (χ4n) is 2.72. The molecule has 0 saturated heterocycles. The second-order valence-corrected chi connectivity index (χ2v) is 7.73. The Hall–Kier alpha value is -0.840. The van der Waals surface area contributed by atoms with E-state index in [1.807, 2.05) is 7.05 Å². The molecule has 2 heterocycles. The van der Waals surface area contributed by atoms with E-state index in [-0.39, 0.29) is 6.04 Å². The van der Waals surface area contributed by atoms with Crippen molar-refractivity contribution in [2.24, 2.45) is 0 Å². The van der Waals surface area contributed by atoms with Gasteiger partial charge in [-0.05, 0) is 65.6 Å². The molecule has 3 rings (SSSR count). The molecule has 0 aliphatic carbocycles. The lowest BCUT2D eigenvalue weighted by atomic mass is 10.0. The number of hydrogen-bond donors (Lipinski definition) is 1. The molecule has 0 radical (unpaired) electrons. The Bertz CT molecular complexity index is 618. The maximum atomic E-state index is 5.78. The van der Waals surface area contributed by atoms with Gasteiger partial charge in [-0.25, -0.2) is 0 Å². The average molecular weight is 352 g/mol. The molecular formula is C16H18BrNOS. The monoisotopic (exact) mass is 351 g/mol. The molecule has 4 heteroatoms. The SMILES string of the molecule is CNC(c1ccc2c(c1)CC(C)O2)c1cc(C)c(Br)s1. The summed E-state index contributed by atoms with van der Waals surface area (Å²) in [7, 11) is 2.01. The Morgan fingerprint density at radius 3 is 2.85 bits per heavy atom. The number of rotatable bonds is 3. The molecule has 1 aromatic heterocycles. The van der Waals surface area contributed by atoms with Crippen LogP contribution in [-0.4, -0.2) is 13.2 Å². The molecule has 1 aromatic carbocycles. The lowest BCUT2D eigenvalue weighted by Gasteiger charge is -2.16. The molecule has 1 aliphatic heterocycles. The maximum absolute atomic E-state index is 5.78. The van der Waals surface area contributed by atoms with Gasteiger partial charge in [0, 0.05) is 11.3 Å². The third-order valence-corrected chi connectivity index (χ3v) is 5.90. The fraction of sp³-hybridized carbons (Fsp3) is 0.375. The highest BCUT2D eigenvalue weighted by Gasteiger charge is 2.22. The topological polar surface area (TPSA) is 21.3 Å². The largest absolute Gasteiger partial charge is 0.490 e. The number of fused-ring (bicyclic) bond motifs is 1. The molecule has 2 aromatic rings. The van der Waals surface area contributed by atoms with Crippen LogP contribution in [0, 0.1) is 6.92 Å². The van der Waals surface area contributed by atoms with Crippen LogP contribution < -0.4 is 10.1 Å². The zero-order chi connectivity index (χ0) is 14.3. The summed E-state index contributed by atoms with van der Waals surface area (Å²) in [6.45, 7) is 4.25. The van der Waals surface area contributed by atoms with Gasteiger partial charge in [-0.3, -0.25) is 0 Å². The molecule has 2 atom stereocenters. The van der Waals surface area contributed by atoms with Crippen LogP contribution in [0.3, 0.4) is 0 Å². The molecule has 2 unspecified atom stereocenters. The molecule has 0 amide bonds. The van der Waals surface area contributed by atoms with E-state index in [4.69, 9.17) is 4.74 Å². The summed E-state index contributed by atoms with van der Waals surface area (Å²) in [6.07, 6.45) is 1.30. The first kappa shape index (κ1) is 14.1. The van der Waals surface area contributed by atoms with E-state index in [0.717, 1.165) is 12.2 Å². The van der Waals surface area contributed by atoms with Crippen molar-refractivity contribution in [3.05, 3.63) is 49.6 Å². The van der Waals surface area contributed by atoms with E-state index < -0.39 is 0 Å². The van der Waals surface area contributed by atoms with Crippen molar-refractivity contribution < 1.29 is 4.74 Å². The summed E-state index contributed by atoms with van der Waals surface area (Å²) >= 11 is 5.41. The van der Waals surface area contributed by atoms with Crippen LogP contribution in [0.15, 0.2) is 28.1 Å². The summed E-state index contributed by atoms with van der Waals surface area (Å²) in [6, 6.07) is 9.05. The van der Waals surface area contributed by atoms with Crippen LogP contribution in [0.25, 0.3) is 0 Å². The van der Waals surface area contributed by atoms with Crippen molar-refractivity contribution in [3.63, 3.8) is 0 Å². The molecule has 1 aliphatic rings. The minimum atomic E-state index is 0.242. The predicted octanol–water partition coefficient (Wildman–Crippen LogP) is 4.45. The zero-order valence-electron chi connectivity index (χ0n) is 11.9. The highest BCUT2D eigenvalue weighted by atomic mass is 79.9. The van der Waals surface area contributed by atoms with E-state index in [2.05, 4.69) is 59.4 Å². The Kier molecular flexibility index (Phi) is 3.89.